The number of rotatable bonds is 3. The van der Waals surface area contributed by atoms with E-state index in [2.05, 4.69) is 55.9 Å². The van der Waals surface area contributed by atoms with Crippen LogP contribution in [-0.4, -0.2) is 24.6 Å². The molecule has 5 nitrogen and oxygen atoms in total. The quantitative estimate of drug-likeness (QED) is 0.382. The van der Waals surface area contributed by atoms with E-state index < -0.39 is 0 Å². The van der Waals surface area contributed by atoms with Crippen molar-refractivity contribution in [2.24, 2.45) is 0 Å². The van der Waals surface area contributed by atoms with Gasteiger partial charge in [-0.3, -0.25) is 9.55 Å². The molecule has 6 aromatic rings. The summed E-state index contributed by atoms with van der Waals surface area (Å²) >= 11 is 1.57. The van der Waals surface area contributed by atoms with Gasteiger partial charge in [0.15, 0.2) is 5.82 Å². The highest BCUT2D eigenvalue weighted by atomic mass is 32.2. The summed E-state index contributed by atoms with van der Waals surface area (Å²) in [7, 11) is 0. The number of nitrogens with zero attached hydrogens (tertiary/aromatic N) is 4. The van der Waals surface area contributed by atoms with Gasteiger partial charge < -0.3 is 5.11 Å². The Labute approximate surface area is 182 Å². The Balaban J connectivity index is 1.51. The van der Waals surface area contributed by atoms with Crippen molar-refractivity contribution in [1.29, 1.82) is 0 Å². The minimum Gasteiger partial charge on any atom is -0.506 e. The lowest BCUT2D eigenvalue weighted by molar-refractivity contribution is 0.480. The fraction of sp³-hybridized carbons (Fsp3) is 0. The molecule has 3 aromatic carbocycles. The van der Waals surface area contributed by atoms with E-state index in [0.717, 1.165) is 37.5 Å². The van der Waals surface area contributed by atoms with E-state index in [-0.39, 0.29) is 5.75 Å². The average molecular weight is 420 g/mol. The monoisotopic (exact) mass is 420 g/mol. The van der Waals surface area contributed by atoms with Crippen molar-refractivity contribution in [3.05, 3.63) is 91.4 Å². The zero-order valence-corrected chi connectivity index (χ0v) is 17.1. The van der Waals surface area contributed by atoms with Gasteiger partial charge in [0.05, 0.1) is 17.2 Å². The number of phenols is 1. The van der Waals surface area contributed by atoms with Crippen molar-refractivity contribution in [1.82, 2.24) is 19.5 Å². The van der Waals surface area contributed by atoms with Crippen molar-refractivity contribution in [3.63, 3.8) is 0 Å². The third-order valence-electron chi connectivity index (χ3n) is 5.32. The first-order valence-electron chi connectivity index (χ1n) is 9.84. The van der Waals surface area contributed by atoms with E-state index in [4.69, 9.17) is 0 Å². The second-order valence-corrected chi connectivity index (χ2v) is 8.29. The summed E-state index contributed by atoms with van der Waals surface area (Å²) in [4.78, 5) is 14.5. The number of hydrogen-bond donors (Lipinski definition) is 1. The Morgan fingerprint density at radius 3 is 2.61 bits per heavy atom. The molecule has 0 saturated heterocycles. The second kappa shape index (κ2) is 7.11. The van der Waals surface area contributed by atoms with Gasteiger partial charge in [-0.15, -0.1) is 0 Å². The number of fused-ring (bicyclic) bond motifs is 4. The summed E-state index contributed by atoms with van der Waals surface area (Å²) in [5.74, 6) is 0.975. The molecule has 0 aliphatic heterocycles. The van der Waals surface area contributed by atoms with Crippen molar-refractivity contribution in [2.45, 2.75) is 9.92 Å². The van der Waals surface area contributed by atoms with Gasteiger partial charge in [0.1, 0.15) is 16.3 Å². The van der Waals surface area contributed by atoms with E-state index in [0.29, 0.717) is 5.52 Å². The molecule has 0 radical (unpaired) electrons. The van der Waals surface area contributed by atoms with Gasteiger partial charge in [-0.1, -0.05) is 48.2 Å². The highest BCUT2D eigenvalue weighted by Gasteiger charge is 2.14. The summed E-state index contributed by atoms with van der Waals surface area (Å²) in [6.45, 7) is 0. The van der Waals surface area contributed by atoms with Gasteiger partial charge in [0.25, 0.3) is 0 Å². The van der Waals surface area contributed by atoms with Gasteiger partial charge >= 0.3 is 0 Å². The number of para-hydroxylation sites is 2. The van der Waals surface area contributed by atoms with Gasteiger partial charge in [-0.25, -0.2) is 9.97 Å². The van der Waals surface area contributed by atoms with Crippen LogP contribution < -0.4 is 0 Å². The molecule has 148 valence electrons. The van der Waals surface area contributed by atoms with Crippen LogP contribution in [0.4, 0.5) is 0 Å². The molecule has 0 aliphatic carbocycles. The lowest BCUT2D eigenvalue weighted by Crippen LogP contribution is -1.97. The van der Waals surface area contributed by atoms with Crippen LogP contribution in [0.2, 0.25) is 0 Å². The first-order valence-corrected chi connectivity index (χ1v) is 10.7. The lowest BCUT2D eigenvalue weighted by atomic mass is 10.2. The predicted molar refractivity (Wildman–Crippen MR) is 124 cm³/mol. The number of aromatic hydroxyl groups is 1. The molecule has 1 N–H and O–H groups in total. The molecule has 0 unspecified atom stereocenters. The molecule has 0 spiro atoms. The lowest BCUT2D eigenvalue weighted by Gasteiger charge is -2.07. The second-order valence-electron chi connectivity index (χ2n) is 7.20. The molecule has 0 saturated carbocycles. The van der Waals surface area contributed by atoms with Crippen LogP contribution in [0, 0.1) is 0 Å². The minimum atomic E-state index is 0.193. The van der Waals surface area contributed by atoms with E-state index in [1.807, 2.05) is 30.3 Å². The van der Waals surface area contributed by atoms with Crippen LogP contribution in [0.25, 0.3) is 38.5 Å². The number of hydrogen-bond acceptors (Lipinski definition) is 5. The number of aromatic nitrogens is 4. The summed E-state index contributed by atoms with van der Waals surface area (Å²) in [6, 6.07) is 24.1. The summed E-state index contributed by atoms with van der Waals surface area (Å²) in [5, 5.41) is 14.2. The Bertz CT molecular complexity index is 1580. The summed E-state index contributed by atoms with van der Waals surface area (Å²) in [6.07, 6.45) is 5.17. The average Bonchev–Trinajstić information content (AvgIpc) is 3.14. The molecule has 0 amide bonds. The molecule has 0 fully saturated rings. The van der Waals surface area contributed by atoms with Crippen LogP contribution in [0.1, 0.15) is 0 Å². The SMILES string of the molecule is Oc1cccc2ccc(Sc3ccc4c5ccccc5n(-c5cnccn5)c4c3)nc12. The fourth-order valence-corrected chi connectivity index (χ4v) is 4.78. The van der Waals surface area contributed by atoms with Gasteiger partial charge in [0, 0.05) is 33.4 Å². The van der Waals surface area contributed by atoms with Crippen molar-refractivity contribution in [2.75, 3.05) is 0 Å². The summed E-state index contributed by atoms with van der Waals surface area (Å²) < 4.78 is 2.14. The Morgan fingerprint density at radius 2 is 1.71 bits per heavy atom. The summed E-state index contributed by atoms with van der Waals surface area (Å²) in [5.41, 5.74) is 2.77. The molecule has 0 bridgehead atoms. The van der Waals surface area contributed by atoms with E-state index in [1.54, 1.807) is 36.4 Å². The molecule has 6 heteroatoms. The fourth-order valence-electron chi connectivity index (χ4n) is 3.96. The van der Waals surface area contributed by atoms with Crippen molar-refractivity contribution < 1.29 is 5.11 Å². The van der Waals surface area contributed by atoms with Crippen molar-refractivity contribution >= 4 is 44.5 Å². The molecular weight excluding hydrogens is 404 g/mol. The maximum Gasteiger partial charge on any atom is 0.156 e. The van der Waals surface area contributed by atoms with E-state index >= 15 is 0 Å². The Morgan fingerprint density at radius 1 is 0.806 bits per heavy atom. The largest absolute Gasteiger partial charge is 0.506 e. The van der Waals surface area contributed by atoms with Crippen LogP contribution in [-0.2, 0) is 0 Å². The zero-order chi connectivity index (χ0) is 20.8. The maximum absolute atomic E-state index is 10.2. The smallest absolute Gasteiger partial charge is 0.156 e. The van der Waals surface area contributed by atoms with Crippen LogP contribution in [0.3, 0.4) is 0 Å². The maximum atomic E-state index is 10.2. The first-order chi connectivity index (χ1) is 15.3. The highest BCUT2D eigenvalue weighted by Crippen LogP contribution is 2.36. The number of phenolic OH excluding ortho intramolecular Hbond substituents is 1. The third-order valence-corrected chi connectivity index (χ3v) is 6.25. The van der Waals surface area contributed by atoms with Crippen LogP contribution >= 0.6 is 11.8 Å². The van der Waals surface area contributed by atoms with Crippen LogP contribution in [0.15, 0.2) is 101 Å². The molecule has 3 heterocycles. The zero-order valence-electron chi connectivity index (χ0n) is 16.3. The Kier molecular flexibility index (Phi) is 4.11. The first kappa shape index (κ1) is 17.9. The van der Waals surface area contributed by atoms with Gasteiger partial charge in [0.2, 0.25) is 0 Å². The Hall–Kier alpha value is -3.90. The highest BCUT2D eigenvalue weighted by molar-refractivity contribution is 7.99. The topological polar surface area (TPSA) is 63.8 Å². The van der Waals surface area contributed by atoms with Gasteiger partial charge in [-0.05, 0) is 36.4 Å². The minimum absolute atomic E-state index is 0.193. The molecule has 31 heavy (non-hydrogen) atoms. The van der Waals surface area contributed by atoms with E-state index in [1.165, 1.54) is 5.39 Å². The predicted octanol–water partition coefficient (Wildman–Crippen LogP) is 5.98. The van der Waals surface area contributed by atoms with Crippen molar-refractivity contribution in [3.8, 4) is 11.6 Å². The van der Waals surface area contributed by atoms with E-state index in [9.17, 15) is 5.11 Å². The standard InChI is InChI=1S/C25H16N4OS/c30-22-7-3-4-16-8-11-24(28-25(16)22)31-17-9-10-19-18-5-1-2-6-20(18)29(21(19)14-17)23-15-26-12-13-27-23/h1-15,30H. The molecule has 0 aliphatic rings. The van der Waals surface area contributed by atoms with Gasteiger partial charge in [-0.2, -0.15) is 0 Å². The number of pyridine rings is 1. The third kappa shape index (κ3) is 3.00. The van der Waals surface area contributed by atoms with Crippen LogP contribution in [0.5, 0.6) is 5.75 Å². The molecular formula is C25H16N4OS. The molecule has 3 aromatic heterocycles. The molecule has 6 rings (SSSR count). The number of benzene rings is 3. The molecule has 0 atom stereocenters. The normalized spacial score (nSPS) is 11.5.